The van der Waals surface area contributed by atoms with Crippen molar-refractivity contribution in [3.8, 4) is 11.5 Å². The van der Waals surface area contributed by atoms with E-state index in [1.54, 1.807) is 6.20 Å². The van der Waals surface area contributed by atoms with Crippen LogP contribution in [0.2, 0.25) is 0 Å². The fourth-order valence-corrected chi connectivity index (χ4v) is 2.73. The minimum absolute atomic E-state index is 0.000382. The second-order valence-corrected chi connectivity index (χ2v) is 5.74. The molecule has 23 heavy (non-hydrogen) atoms. The molecule has 0 aromatic carbocycles. The zero-order valence-electron chi connectivity index (χ0n) is 13.2. The number of ether oxygens (including phenoxy) is 1. The first-order valence-electron chi connectivity index (χ1n) is 7.87. The number of morpholine rings is 1. The number of carbonyl (C=O) groups excluding carboxylic acids is 1. The lowest BCUT2D eigenvalue weighted by molar-refractivity contribution is -0.119. The number of aromatic amines is 1. The summed E-state index contributed by atoms with van der Waals surface area (Å²) in [6.45, 7) is 5.38. The van der Waals surface area contributed by atoms with Crippen molar-refractivity contribution in [2.24, 2.45) is 0 Å². The predicted molar refractivity (Wildman–Crippen MR) is 84.6 cm³/mol. The fraction of sp³-hybridized carbons (Fsp3) is 0.500. The van der Waals surface area contributed by atoms with Gasteiger partial charge in [-0.25, -0.2) is 0 Å². The maximum Gasteiger partial charge on any atom is 0.216 e. The standard InChI is InChI=1S/C16H22N4O3/c1-12(21)17-6-4-13-10-20(8-9-22-13)11-14-2-3-16(23-14)15-5-7-18-19-15/h2-3,5,7,13H,4,6,8-11H2,1H3,(H,17,21)(H,18,19). The van der Waals surface area contributed by atoms with Crippen molar-refractivity contribution >= 4 is 5.91 Å². The lowest BCUT2D eigenvalue weighted by Crippen LogP contribution is -2.43. The van der Waals surface area contributed by atoms with Crippen LogP contribution in [0.1, 0.15) is 19.1 Å². The van der Waals surface area contributed by atoms with Crippen molar-refractivity contribution in [2.45, 2.75) is 26.0 Å². The summed E-state index contributed by atoms with van der Waals surface area (Å²) >= 11 is 0. The molecule has 0 spiro atoms. The Bertz CT molecular complexity index is 623. The van der Waals surface area contributed by atoms with E-state index in [1.807, 2.05) is 18.2 Å². The third kappa shape index (κ3) is 4.43. The van der Waals surface area contributed by atoms with Gasteiger partial charge in [0.05, 0.1) is 19.3 Å². The highest BCUT2D eigenvalue weighted by atomic mass is 16.5. The second-order valence-electron chi connectivity index (χ2n) is 5.74. The van der Waals surface area contributed by atoms with Crippen LogP contribution in [0.25, 0.3) is 11.5 Å². The lowest BCUT2D eigenvalue weighted by atomic mass is 10.2. The van der Waals surface area contributed by atoms with E-state index in [9.17, 15) is 4.79 Å². The van der Waals surface area contributed by atoms with Gasteiger partial charge in [0.15, 0.2) is 5.76 Å². The molecule has 1 atom stereocenters. The molecule has 7 nitrogen and oxygen atoms in total. The lowest BCUT2D eigenvalue weighted by Gasteiger charge is -2.32. The number of carbonyl (C=O) groups is 1. The van der Waals surface area contributed by atoms with Crippen LogP contribution in [-0.2, 0) is 16.1 Å². The minimum Gasteiger partial charge on any atom is -0.458 e. The Morgan fingerprint density at radius 2 is 2.39 bits per heavy atom. The highest BCUT2D eigenvalue weighted by molar-refractivity contribution is 5.72. The molecule has 1 aliphatic rings. The molecule has 1 amide bonds. The van der Waals surface area contributed by atoms with Gasteiger partial charge in [-0.2, -0.15) is 5.10 Å². The zero-order valence-corrected chi connectivity index (χ0v) is 13.2. The Hall–Kier alpha value is -2.12. The van der Waals surface area contributed by atoms with Gasteiger partial charge in [-0.3, -0.25) is 14.8 Å². The number of hydrogen-bond acceptors (Lipinski definition) is 5. The third-order valence-corrected chi connectivity index (χ3v) is 3.87. The van der Waals surface area contributed by atoms with Gasteiger partial charge in [-0.05, 0) is 24.6 Å². The van der Waals surface area contributed by atoms with E-state index in [-0.39, 0.29) is 12.0 Å². The van der Waals surface area contributed by atoms with Gasteiger partial charge in [-0.15, -0.1) is 0 Å². The Labute approximate surface area is 135 Å². The molecule has 1 fully saturated rings. The summed E-state index contributed by atoms with van der Waals surface area (Å²) in [7, 11) is 0. The van der Waals surface area contributed by atoms with E-state index in [4.69, 9.17) is 9.15 Å². The number of nitrogens with zero attached hydrogens (tertiary/aromatic N) is 2. The van der Waals surface area contributed by atoms with E-state index in [1.165, 1.54) is 6.92 Å². The maximum atomic E-state index is 10.9. The predicted octanol–water partition coefficient (Wildman–Crippen LogP) is 1.40. The Balaban J connectivity index is 1.50. The number of nitrogens with one attached hydrogen (secondary N) is 2. The molecule has 1 unspecified atom stereocenters. The van der Waals surface area contributed by atoms with Gasteiger partial charge in [-0.1, -0.05) is 0 Å². The molecule has 0 radical (unpaired) electrons. The molecule has 0 saturated carbocycles. The maximum absolute atomic E-state index is 10.9. The number of amides is 1. The van der Waals surface area contributed by atoms with Crippen molar-refractivity contribution in [3.63, 3.8) is 0 Å². The molecule has 7 heteroatoms. The highest BCUT2D eigenvalue weighted by Gasteiger charge is 2.21. The van der Waals surface area contributed by atoms with Gasteiger partial charge in [0.25, 0.3) is 0 Å². The van der Waals surface area contributed by atoms with Crippen molar-refractivity contribution in [1.29, 1.82) is 0 Å². The van der Waals surface area contributed by atoms with Crippen LogP contribution < -0.4 is 5.32 Å². The van der Waals surface area contributed by atoms with Crippen LogP contribution in [0.4, 0.5) is 0 Å². The average Bonchev–Trinajstić information content (AvgIpc) is 3.18. The largest absolute Gasteiger partial charge is 0.458 e. The summed E-state index contributed by atoms with van der Waals surface area (Å²) in [6.07, 6.45) is 2.69. The molecule has 0 aliphatic carbocycles. The van der Waals surface area contributed by atoms with Crippen LogP contribution in [0.3, 0.4) is 0 Å². The van der Waals surface area contributed by atoms with Crippen LogP contribution in [0, 0.1) is 0 Å². The summed E-state index contributed by atoms with van der Waals surface area (Å²) in [5.41, 5.74) is 0.881. The average molecular weight is 318 g/mol. The molecule has 2 aromatic heterocycles. The number of furan rings is 1. The van der Waals surface area contributed by atoms with Gasteiger partial charge in [0.1, 0.15) is 11.5 Å². The molecule has 2 N–H and O–H groups in total. The summed E-state index contributed by atoms with van der Waals surface area (Å²) in [5, 5.41) is 9.64. The fourth-order valence-electron chi connectivity index (χ4n) is 2.73. The molecule has 1 saturated heterocycles. The molecule has 3 heterocycles. The first kappa shape index (κ1) is 15.8. The Morgan fingerprint density at radius 3 is 3.17 bits per heavy atom. The Kier molecular flexibility index (Phi) is 5.09. The summed E-state index contributed by atoms with van der Waals surface area (Å²) in [4.78, 5) is 13.2. The SMILES string of the molecule is CC(=O)NCCC1CN(Cc2ccc(-c3ccn[nH]3)o2)CCO1. The quantitative estimate of drug-likeness (QED) is 0.841. The van der Waals surface area contributed by atoms with E-state index < -0.39 is 0 Å². The third-order valence-electron chi connectivity index (χ3n) is 3.87. The number of hydrogen-bond donors (Lipinski definition) is 2. The van der Waals surface area contributed by atoms with E-state index in [0.717, 1.165) is 43.3 Å². The van der Waals surface area contributed by atoms with Gasteiger partial charge in [0.2, 0.25) is 5.91 Å². The molecular weight excluding hydrogens is 296 g/mol. The van der Waals surface area contributed by atoms with Crippen LogP contribution in [0.5, 0.6) is 0 Å². The van der Waals surface area contributed by atoms with Crippen molar-refractivity contribution in [3.05, 3.63) is 30.2 Å². The smallest absolute Gasteiger partial charge is 0.216 e. The number of aromatic nitrogens is 2. The number of H-pyrrole nitrogens is 1. The monoisotopic (exact) mass is 318 g/mol. The summed E-state index contributed by atoms with van der Waals surface area (Å²) in [5.74, 6) is 1.73. The Morgan fingerprint density at radius 1 is 1.48 bits per heavy atom. The molecule has 124 valence electrons. The first-order valence-corrected chi connectivity index (χ1v) is 7.87. The highest BCUT2D eigenvalue weighted by Crippen LogP contribution is 2.21. The first-order chi connectivity index (χ1) is 11.2. The summed E-state index contributed by atoms with van der Waals surface area (Å²) < 4.78 is 11.6. The van der Waals surface area contributed by atoms with Crippen LogP contribution in [0.15, 0.2) is 28.8 Å². The van der Waals surface area contributed by atoms with E-state index in [2.05, 4.69) is 20.4 Å². The van der Waals surface area contributed by atoms with Crippen LogP contribution in [-0.4, -0.2) is 53.3 Å². The van der Waals surface area contributed by atoms with Crippen molar-refractivity contribution in [1.82, 2.24) is 20.4 Å². The van der Waals surface area contributed by atoms with Crippen LogP contribution >= 0.6 is 0 Å². The van der Waals surface area contributed by atoms with Gasteiger partial charge < -0.3 is 14.5 Å². The topological polar surface area (TPSA) is 83.4 Å². The second kappa shape index (κ2) is 7.43. The molecule has 0 bridgehead atoms. The van der Waals surface area contributed by atoms with Crippen molar-refractivity contribution in [2.75, 3.05) is 26.2 Å². The molecular formula is C16H22N4O3. The molecule has 3 rings (SSSR count). The molecule has 1 aliphatic heterocycles. The summed E-state index contributed by atoms with van der Waals surface area (Å²) in [6, 6.07) is 5.84. The number of rotatable bonds is 6. The van der Waals surface area contributed by atoms with Gasteiger partial charge in [0, 0.05) is 32.8 Å². The normalized spacial score (nSPS) is 18.9. The van der Waals surface area contributed by atoms with Gasteiger partial charge >= 0.3 is 0 Å². The van der Waals surface area contributed by atoms with E-state index >= 15 is 0 Å². The minimum atomic E-state index is -0.000382. The molecule has 2 aromatic rings. The van der Waals surface area contributed by atoms with E-state index in [0.29, 0.717) is 13.2 Å². The van der Waals surface area contributed by atoms with Crippen molar-refractivity contribution < 1.29 is 13.9 Å². The zero-order chi connectivity index (χ0) is 16.1.